The highest BCUT2D eigenvalue weighted by molar-refractivity contribution is 7.98. The van der Waals surface area contributed by atoms with E-state index in [0.29, 0.717) is 6.54 Å². The summed E-state index contributed by atoms with van der Waals surface area (Å²) in [6.07, 6.45) is 3.55. The van der Waals surface area contributed by atoms with Crippen LogP contribution >= 0.6 is 11.8 Å². The minimum Gasteiger partial charge on any atom is -0.467 e. The van der Waals surface area contributed by atoms with E-state index in [4.69, 9.17) is 4.42 Å². The zero-order valence-corrected chi connectivity index (χ0v) is 12.4. The summed E-state index contributed by atoms with van der Waals surface area (Å²) in [4.78, 5) is 16.6. The SMILES string of the molecule is CSc1nc2ccccc2n1CC(=O)NCc1ccco1. The predicted octanol–water partition coefficient (Wildman–Crippen LogP) is 2.67. The number of aromatic nitrogens is 2. The van der Waals surface area contributed by atoms with Crippen molar-refractivity contribution in [2.24, 2.45) is 0 Å². The van der Waals surface area contributed by atoms with E-state index in [2.05, 4.69) is 10.3 Å². The summed E-state index contributed by atoms with van der Waals surface area (Å²) in [6, 6.07) is 11.5. The van der Waals surface area contributed by atoms with Crippen LogP contribution < -0.4 is 5.32 Å². The third-order valence-electron chi connectivity index (χ3n) is 3.14. The summed E-state index contributed by atoms with van der Waals surface area (Å²) < 4.78 is 7.12. The summed E-state index contributed by atoms with van der Waals surface area (Å²) in [5, 5.41) is 3.69. The van der Waals surface area contributed by atoms with Crippen LogP contribution in [0.2, 0.25) is 0 Å². The number of hydrogen-bond donors (Lipinski definition) is 1. The standard InChI is InChI=1S/C15H15N3O2S/c1-21-15-17-12-6-2-3-7-13(12)18(15)10-14(19)16-9-11-5-4-8-20-11/h2-8H,9-10H2,1H3,(H,16,19). The molecule has 0 saturated heterocycles. The van der Waals surface area contributed by atoms with Gasteiger partial charge in [0.2, 0.25) is 5.91 Å². The van der Waals surface area contributed by atoms with E-state index in [-0.39, 0.29) is 12.5 Å². The normalized spacial score (nSPS) is 10.9. The number of furan rings is 1. The van der Waals surface area contributed by atoms with E-state index in [1.165, 1.54) is 11.8 Å². The second-order valence-electron chi connectivity index (χ2n) is 4.53. The Balaban J connectivity index is 1.76. The number of thioether (sulfide) groups is 1. The van der Waals surface area contributed by atoms with Crippen LogP contribution in [0.15, 0.2) is 52.2 Å². The van der Waals surface area contributed by atoms with Crippen molar-refractivity contribution >= 4 is 28.7 Å². The van der Waals surface area contributed by atoms with Crippen LogP contribution in [-0.2, 0) is 17.9 Å². The Bertz CT molecular complexity index is 749. The van der Waals surface area contributed by atoms with Crippen molar-refractivity contribution < 1.29 is 9.21 Å². The number of fused-ring (bicyclic) bond motifs is 1. The fourth-order valence-electron chi connectivity index (χ4n) is 2.16. The first-order valence-corrected chi connectivity index (χ1v) is 7.79. The molecule has 0 bridgehead atoms. The Morgan fingerprint density at radius 3 is 2.95 bits per heavy atom. The molecular formula is C15H15N3O2S. The molecule has 21 heavy (non-hydrogen) atoms. The lowest BCUT2D eigenvalue weighted by molar-refractivity contribution is -0.121. The molecule has 108 valence electrons. The van der Waals surface area contributed by atoms with Gasteiger partial charge in [-0.25, -0.2) is 4.98 Å². The summed E-state index contributed by atoms with van der Waals surface area (Å²) >= 11 is 1.53. The predicted molar refractivity (Wildman–Crippen MR) is 82.1 cm³/mol. The van der Waals surface area contributed by atoms with Gasteiger partial charge in [-0.05, 0) is 30.5 Å². The molecule has 0 saturated carbocycles. The maximum absolute atomic E-state index is 12.1. The number of carbonyl (C=O) groups is 1. The van der Waals surface area contributed by atoms with Gasteiger partial charge in [-0.2, -0.15) is 0 Å². The van der Waals surface area contributed by atoms with Gasteiger partial charge in [-0.15, -0.1) is 0 Å². The minimum absolute atomic E-state index is 0.0650. The fraction of sp³-hybridized carbons (Fsp3) is 0.200. The molecular weight excluding hydrogens is 286 g/mol. The number of nitrogens with zero attached hydrogens (tertiary/aromatic N) is 2. The molecule has 2 aromatic heterocycles. The average molecular weight is 301 g/mol. The van der Waals surface area contributed by atoms with Crippen LogP contribution in [0.3, 0.4) is 0 Å². The van der Waals surface area contributed by atoms with Crippen molar-refractivity contribution in [1.29, 1.82) is 0 Å². The van der Waals surface area contributed by atoms with Gasteiger partial charge in [0.1, 0.15) is 12.3 Å². The molecule has 5 nitrogen and oxygen atoms in total. The summed E-state index contributed by atoms with van der Waals surface area (Å²) in [5.74, 6) is 0.675. The van der Waals surface area contributed by atoms with Crippen LogP contribution in [0, 0.1) is 0 Å². The van der Waals surface area contributed by atoms with Gasteiger partial charge in [0.25, 0.3) is 0 Å². The molecule has 0 radical (unpaired) electrons. The molecule has 0 fully saturated rings. The molecule has 3 aromatic rings. The van der Waals surface area contributed by atoms with Gasteiger partial charge >= 0.3 is 0 Å². The smallest absolute Gasteiger partial charge is 0.240 e. The zero-order valence-electron chi connectivity index (χ0n) is 11.6. The number of para-hydroxylation sites is 2. The topological polar surface area (TPSA) is 60.1 Å². The number of hydrogen-bond acceptors (Lipinski definition) is 4. The molecule has 2 heterocycles. The third-order valence-corrected chi connectivity index (χ3v) is 3.82. The number of rotatable bonds is 5. The van der Waals surface area contributed by atoms with E-state index in [1.54, 1.807) is 12.3 Å². The van der Waals surface area contributed by atoms with Crippen molar-refractivity contribution in [2.75, 3.05) is 6.26 Å². The van der Waals surface area contributed by atoms with Crippen LogP contribution in [-0.4, -0.2) is 21.7 Å². The molecule has 0 atom stereocenters. The minimum atomic E-state index is -0.0650. The molecule has 6 heteroatoms. The number of carbonyl (C=O) groups excluding carboxylic acids is 1. The molecule has 1 aromatic carbocycles. The zero-order chi connectivity index (χ0) is 14.7. The van der Waals surface area contributed by atoms with Gasteiger partial charge in [0.05, 0.1) is 23.8 Å². The third kappa shape index (κ3) is 2.95. The van der Waals surface area contributed by atoms with E-state index in [0.717, 1.165) is 22.0 Å². The van der Waals surface area contributed by atoms with Crippen molar-refractivity contribution in [3.05, 3.63) is 48.4 Å². The number of imidazole rings is 1. The number of benzene rings is 1. The van der Waals surface area contributed by atoms with Crippen LogP contribution in [0.25, 0.3) is 11.0 Å². The van der Waals surface area contributed by atoms with Crippen molar-refractivity contribution in [1.82, 2.24) is 14.9 Å². The molecule has 3 rings (SSSR count). The molecule has 0 aliphatic carbocycles. The summed E-state index contributed by atoms with van der Waals surface area (Å²) in [5.41, 5.74) is 1.87. The van der Waals surface area contributed by atoms with Crippen molar-refractivity contribution in [3.63, 3.8) is 0 Å². The van der Waals surface area contributed by atoms with Crippen LogP contribution in [0.1, 0.15) is 5.76 Å². The quantitative estimate of drug-likeness (QED) is 0.736. The lowest BCUT2D eigenvalue weighted by atomic mass is 10.3. The average Bonchev–Trinajstić information content (AvgIpc) is 3.13. The second-order valence-corrected chi connectivity index (χ2v) is 5.30. The van der Waals surface area contributed by atoms with Crippen molar-refractivity contribution in [2.45, 2.75) is 18.2 Å². The molecule has 1 N–H and O–H groups in total. The molecule has 0 spiro atoms. The lowest BCUT2D eigenvalue weighted by Crippen LogP contribution is -2.27. The van der Waals surface area contributed by atoms with Gasteiger partial charge in [-0.1, -0.05) is 23.9 Å². The summed E-state index contributed by atoms with van der Waals surface area (Å²) in [7, 11) is 0. The van der Waals surface area contributed by atoms with Gasteiger partial charge in [0.15, 0.2) is 5.16 Å². The number of amides is 1. The largest absolute Gasteiger partial charge is 0.467 e. The Kier molecular flexibility index (Phi) is 3.96. The monoisotopic (exact) mass is 301 g/mol. The first-order valence-electron chi connectivity index (χ1n) is 6.56. The highest BCUT2D eigenvalue weighted by Crippen LogP contribution is 2.21. The Morgan fingerprint density at radius 1 is 1.33 bits per heavy atom. The summed E-state index contributed by atoms with van der Waals surface area (Å²) in [6.45, 7) is 0.643. The lowest BCUT2D eigenvalue weighted by Gasteiger charge is -2.08. The highest BCUT2D eigenvalue weighted by atomic mass is 32.2. The Hall–Kier alpha value is -2.21. The van der Waals surface area contributed by atoms with E-state index in [1.807, 2.05) is 41.2 Å². The first kappa shape index (κ1) is 13.8. The second kappa shape index (κ2) is 6.05. The first-order chi connectivity index (χ1) is 10.3. The van der Waals surface area contributed by atoms with Crippen LogP contribution in [0.5, 0.6) is 0 Å². The van der Waals surface area contributed by atoms with Crippen LogP contribution in [0.4, 0.5) is 0 Å². The number of nitrogens with one attached hydrogen (secondary N) is 1. The molecule has 1 amide bonds. The molecule has 0 aliphatic heterocycles. The molecule has 0 unspecified atom stereocenters. The Morgan fingerprint density at radius 2 is 2.19 bits per heavy atom. The maximum Gasteiger partial charge on any atom is 0.240 e. The van der Waals surface area contributed by atoms with Gasteiger partial charge < -0.3 is 14.3 Å². The van der Waals surface area contributed by atoms with Gasteiger partial charge in [-0.3, -0.25) is 4.79 Å². The fourth-order valence-corrected chi connectivity index (χ4v) is 2.73. The van der Waals surface area contributed by atoms with Gasteiger partial charge in [0, 0.05) is 0 Å². The van der Waals surface area contributed by atoms with E-state index < -0.39 is 0 Å². The Labute approximate surface area is 126 Å². The van der Waals surface area contributed by atoms with E-state index >= 15 is 0 Å². The van der Waals surface area contributed by atoms with E-state index in [9.17, 15) is 4.79 Å². The van der Waals surface area contributed by atoms with Crippen molar-refractivity contribution in [3.8, 4) is 0 Å². The molecule has 0 aliphatic rings. The maximum atomic E-state index is 12.1. The highest BCUT2D eigenvalue weighted by Gasteiger charge is 2.12.